The summed E-state index contributed by atoms with van der Waals surface area (Å²) in [5.74, 6) is 0.0805. The van der Waals surface area contributed by atoms with Gasteiger partial charge >= 0.3 is 11.9 Å². The van der Waals surface area contributed by atoms with Gasteiger partial charge in [0.05, 0.1) is 25.2 Å². The van der Waals surface area contributed by atoms with Crippen LogP contribution in [0.2, 0.25) is 0 Å². The lowest BCUT2D eigenvalue weighted by Gasteiger charge is -2.71. The van der Waals surface area contributed by atoms with E-state index in [4.69, 9.17) is 9.47 Å². The number of methoxy groups -OCH3 is 1. The van der Waals surface area contributed by atoms with Crippen molar-refractivity contribution in [3.05, 3.63) is 35.9 Å². The molecule has 3 fully saturated rings. The minimum absolute atomic E-state index is 0.0186. The minimum atomic E-state index is -0.544. The van der Waals surface area contributed by atoms with E-state index in [-0.39, 0.29) is 42.2 Å². The molecule has 3 aliphatic rings. The Kier molecular flexibility index (Phi) is 4.22. The van der Waals surface area contributed by atoms with E-state index >= 15 is 0 Å². The molecule has 26 heavy (non-hydrogen) atoms. The lowest BCUT2D eigenvalue weighted by Crippen LogP contribution is -2.84. The number of nitrogens with zero attached hydrogens (tertiary/aromatic N) is 1. The Morgan fingerprint density at radius 1 is 1.31 bits per heavy atom. The second-order valence-electron chi connectivity index (χ2n) is 7.17. The molecule has 7 heteroatoms. The minimum Gasteiger partial charge on any atom is -0.467 e. The van der Waals surface area contributed by atoms with Crippen LogP contribution in [0.4, 0.5) is 0 Å². The molecule has 1 amide bonds. The average Bonchev–Trinajstić information content (AvgIpc) is 2.66. The summed E-state index contributed by atoms with van der Waals surface area (Å²) in [6.07, 6.45) is 0.701. The largest absolute Gasteiger partial charge is 0.467 e. The third-order valence-corrected chi connectivity index (χ3v) is 7.75. The topological polar surface area (TPSA) is 72.9 Å². The molecular formula is C19H21NO5S. The van der Waals surface area contributed by atoms with Crippen LogP contribution in [0.1, 0.15) is 23.7 Å². The van der Waals surface area contributed by atoms with Crippen molar-refractivity contribution in [2.24, 2.45) is 17.8 Å². The molecule has 1 aliphatic carbocycles. The first-order chi connectivity index (χ1) is 12.5. The number of hydrogen-bond acceptors (Lipinski definition) is 6. The highest BCUT2D eigenvalue weighted by atomic mass is 32.2. The summed E-state index contributed by atoms with van der Waals surface area (Å²) < 4.78 is 10.4. The van der Waals surface area contributed by atoms with Gasteiger partial charge in [-0.15, -0.1) is 11.8 Å². The molecule has 1 spiro atoms. The lowest BCUT2D eigenvalue weighted by atomic mass is 9.60. The summed E-state index contributed by atoms with van der Waals surface area (Å²) in [7, 11) is 1.35. The van der Waals surface area contributed by atoms with Gasteiger partial charge < -0.3 is 14.4 Å². The maximum Gasteiger partial charge on any atom is 0.338 e. The number of carbonyl (C=O) groups excluding carboxylic acids is 3. The van der Waals surface area contributed by atoms with E-state index in [2.05, 4.69) is 0 Å². The summed E-state index contributed by atoms with van der Waals surface area (Å²) in [5.41, 5.74) is 0.514. The SMILES string of the molecule is COC(=O)[C@@H]1[C@H](C)CSC23C(COC(=O)c4ccccc4)CC2C(=O)N13. The molecule has 0 radical (unpaired) electrons. The molecule has 2 aliphatic heterocycles. The van der Waals surface area contributed by atoms with Gasteiger partial charge in [-0.25, -0.2) is 9.59 Å². The molecule has 3 unspecified atom stereocenters. The molecule has 4 rings (SSSR count). The van der Waals surface area contributed by atoms with Crippen LogP contribution in [-0.2, 0) is 19.1 Å². The molecule has 0 N–H and O–H groups in total. The van der Waals surface area contributed by atoms with E-state index < -0.39 is 10.9 Å². The Labute approximate surface area is 156 Å². The van der Waals surface area contributed by atoms with E-state index in [1.54, 1.807) is 40.9 Å². The Bertz CT molecular complexity index is 754. The fourth-order valence-corrected chi connectivity index (χ4v) is 6.25. The number of benzene rings is 1. The third kappa shape index (κ3) is 2.29. The van der Waals surface area contributed by atoms with Crippen molar-refractivity contribution in [3.8, 4) is 0 Å². The number of thioether (sulfide) groups is 1. The second kappa shape index (κ2) is 6.30. The Morgan fingerprint density at radius 3 is 2.73 bits per heavy atom. The predicted octanol–water partition coefficient (Wildman–Crippen LogP) is 1.94. The summed E-state index contributed by atoms with van der Waals surface area (Å²) in [6, 6.07) is 8.32. The summed E-state index contributed by atoms with van der Waals surface area (Å²) in [5, 5.41) is 0. The molecule has 0 aromatic heterocycles. The van der Waals surface area contributed by atoms with Crippen molar-refractivity contribution in [3.63, 3.8) is 0 Å². The first-order valence-corrected chi connectivity index (χ1v) is 9.76. The summed E-state index contributed by atoms with van der Waals surface area (Å²) >= 11 is 1.72. The average molecular weight is 375 g/mol. The Balaban J connectivity index is 1.48. The molecule has 1 aromatic carbocycles. The van der Waals surface area contributed by atoms with Crippen LogP contribution in [0.15, 0.2) is 30.3 Å². The van der Waals surface area contributed by atoms with E-state index in [0.717, 1.165) is 5.75 Å². The van der Waals surface area contributed by atoms with Gasteiger partial charge in [0.1, 0.15) is 10.9 Å². The zero-order valence-corrected chi connectivity index (χ0v) is 15.5. The molecule has 1 aromatic rings. The summed E-state index contributed by atoms with van der Waals surface area (Å²) in [4.78, 5) is 38.3. The van der Waals surface area contributed by atoms with Crippen LogP contribution >= 0.6 is 11.8 Å². The monoisotopic (exact) mass is 375 g/mol. The standard InChI is InChI=1S/C19H21NO5S/c1-11-10-26-19-13(9-25-17(22)12-6-4-3-5-7-12)8-14(19)16(21)20(19)15(11)18(23)24-2/h3-7,11,13-15H,8-10H2,1-2H3/t11-,13?,14?,15+,19?/m1/s1. The first kappa shape index (κ1) is 17.4. The van der Waals surface area contributed by atoms with Gasteiger partial charge in [-0.05, 0) is 24.5 Å². The number of esters is 2. The van der Waals surface area contributed by atoms with Crippen molar-refractivity contribution < 1.29 is 23.9 Å². The maximum atomic E-state index is 12.5. The fourth-order valence-electron chi connectivity index (χ4n) is 4.40. The van der Waals surface area contributed by atoms with Gasteiger partial charge in [0, 0.05) is 11.7 Å². The van der Waals surface area contributed by atoms with Gasteiger partial charge in [-0.3, -0.25) is 4.79 Å². The molecule has 5 atom stereocenters. The molecule has 1 saturated carbocycles. The maximum absolute atomic E-state index is 12.5. The highest BCUT2D eigenvalue weighted by Crippen LogP contribution is 2.66. The van der Waals surface area contributed by atoms with Crippen LogP contribution in [0.5, 0.6) is 0 Å². The lowest BCUT2D eigenvalue weighted by molar-refractivity contribution is -0.207. The summed E-state index contributed by atoms with van der Waals surface area (Å²) in [6.45, 7) is 2.22. The van der Waals surface area contributed by atoms with E-state index in [0.29, 0.717) is 12.0 Å². The normalized spacial score (nSPS) is 34.7. The Morgan fingerprint density at radius 2 is 2.04 bits per heavy atom. The highest BCUT2D eigenvalue weighted by molar-refractivity contribution is 8.00. The number of rotatable bonds is 4. The van der Waals surface area contributed by atoms with Crippen LogP contribution < -0.4 is 0 Å². The molecular weight excluding hydrogens is 354 g/mol. The molecule has 6 nitrogen and oxygen atoms in total. The van der Waals surface area contributed by atoms with Gasteiger partial charge in [-0.2, -0.15) is 0 Å². The quantitative estimate of drug-likeness (QED) is 0.592. The smallest absolute Gasteiger partial charge is 0.338 e. The third-order valence-electron chi connectivity index (χ3n) is 5.78. The van der Waals surface area contributed by atoms with Crippen LogP contribution in [0.25, 0.3) is 0 Å². The predicted molar refractivity (Wildman–Crippen MR) is 95.3 cm³/mol. The number of carbonyl (C=O) groups is 3. The fraction of sp³-hybridized carbons (Fsp3) is 0.526. The van der Waals surface area contributed by atoms with Gasteiger partial charge in [0.2, 0.25) is 5.91 Å². The Hall–Kier alpha value is -2.02. The van der Waals surface area contributed by atoms with E-state index in [1.807, 2.05) is 13.0 Å². The number of hydrogen-bond donors (Lipinski definition) is 0. The molecule has 2 saturated heterocycles. The first-order valence-electron chi connectivity index (χ1n) is 8.77. The molecule has 138 valence electrons. The van der Waals surface area contributed by atoms with Crippen LogP contribution in [0, 0.1) is 17.8 Å². The van der Waals surface area contributed by atoms with Crippen molar-refractivity contribution in [1.29, 1.82) is 0 Å². The highest BCUT2D eigenvalue weighted by Gasteiger charge is 2.75. The van der Waals surface area contributed by atoms with Gasteiger partial charge in [-0.1, -0.05) is 25.1 Å². The van der Waals surface area contributed by atoms with Crippen molar-refractivity contribution >= 4 is 29.6 Å². The number of β-lactam (4-membered cyclic amide) rings is 1. The van der Waals surface area contributed by atoms with Crippen molar-refractivity contribution in [1.82, 2.24) is 4.90 Å². The zero-order valence-electron chi connectivity index (χ0n) is 14.7. The van der Waals surface area contributed by atoms with Crippen LogP contribution in [-0.4, -0.2) is 53.1 Å². The van der Waals surface area contributed by atoms with Crippen molar-refractivity contribution in [2.45, 2.75) is 24.3 Å². The molecule has 0 bridgehead atoms. The zero-order chi connectivity index (χ0) is 18.5. The number of amides is 1. The van der Waals surface area contributed by atoms with E-state index in [1.165, 1.54) is 7.11 Å². The van der Waals surface area contributed by atoms with Crippen molar-refractivity contribution in [2.75, 3.05) is 19.5 Å². The van der Waals surface area contributed by atoms with Gasteiger partial charge in [0.15, 0.2) is 0 Å². The number of piperidine rings is 1. The second-order valence-corrected chi connectivity index (χ2v) is 8.44. The number of ether oxygens (including phenoxy) is 2. The van der Waals surface area contributed by atoms with Gasteiger partial charge in [0.25, 0.3) is 0 Å². The molecule has 2 heterocycles. The van der Waals surface area contributed by atoms with Crippen LogP contribution in [0.3, 0.4) is 0 Å². The van der Waals surface area contributed by atoms with E-state index in [9.17, 15) is 14.4 Å².